The quantitative estimate of drug-likeness (QED) is 0.207. The van der Waals surface area contributed by atoms with Gasteiger partial charge in [0.1, 0.15) is 5.65 Å². The molecule has 0 saturated carbocycles. The number of benzene rings is 4. The van der Waals surface area contributed by atoms with Gasteiger partial charge < -0.3 is 4.90 Å². The Hall–Kier alpha value is -4.41. The Morgan fingerprint density at radius 2 is 1.54 bits per heavy atom. The Morgan fingerprint density at radius 3 is 2.31 bits per heavy atom. The van der Waals surface area contributed by atoms with Gasteiger partial charge in [-0.25, -0.2) is 4.98 Å². The molecule has 0 spiro atoms. The number of hydrogen-bond donors (Lipinski definition) is 0. The molecule has 1 aliphatic carbocycles. The van der Waals surface area contributed by atoms with Crippen molar-refractivity contribution in [1.82, 2.24) is 9.55 Å². The highest BCUT2D eigenvalue weighted by Crippen LogP contribution is 2.36. The minimum atomic E-state index is 0.221. The van der Waals surface area contributed by atoms with Crippen LogP contribution in [0.1, 0.15) is 12.0 Å². The second-order valence-corrected chi connectivity index (χ2v) is 10.7. The lowest BCUT2D eigenvalue weighted by molar-refractivity contribution is 0.787. The van der Waals surface area contributed by atoms with Crippen molar-refractivity contribution in [3.8, 4) is 5.69 Å². The fourth-order valence-electron chi connectivity index (χ4n) is 5.63. The van der Waals surface area contributed by atoms with E-state index in [0.717, 1.165) is 22.2 Å². The van der Waals surface area contributed by atoms with Crippen molar-refractivity contribution in [2.24, 2.45) is 0 Å². The van der Waals surface area contributed by atoms with Gasteiger partial charge >= 0.3 is 0 Å². The number of rotatable bonds is 5. The van der Waals surface area contributed by atoms with E-state index >= 15 is 0 Å². The molecule has 1 aliphatic rings. The van der Waals surface area contributed by atoms with Crippen LogP contribution in [0.15, 0.2) is 144 Å². The fraction of sp³-hybridized carbons (Fsp3) is 0.0571. The molecule has 0 aliphatic heterocycles. The van der Waals surface area contributed by atoms with E-state index in [-0.39, 0.29) is 6.04 Å². The van der Waals surface area contributed by atoms with Gasteiger partial charge in [0.2, 0.25) is 0 Å². The number of aromatic nitrogens is 2. The summed E-state index contributed by atoms with van der Waals surface area (Å²) in [5, 5.41) is 2.39. The first kappa shape index (κ1) is 23.7. The molecule has 3 nitrogen and oxygen atoms in total. The average Bonchev–Trinajstić information content (AvgIpc) is 3.32. The van der Waals surface area contributed by atoms with E-state index in [2.05, 4.69) is 147 Å². The predicted molar refractivity (Wildman–Crippen MR) is 167 cm³/mol. The molecule has 4 aromatic carbocycles. The highest BCUT2D eigenvalue weighted by molar-refractivity contribution is 9.10. The Bertz CT molecular complexity index is 1850. The summed E-state index contributed by atoms with van der Waals surface area (Å²) in [6.07, 6.45) is 9.77. The van der Waals surface area contributed by atoms with Crippen LogP contribution in [0.2, 0.25) is 0 Å². The summed E-state index contributed by atoms with van der Waals surface area (Å²) in [5.74, 6) is 0. The van der Waals surface area contributed by atoms with Gasteiger partial charge in [-0.3, -0.25) is 4.57 Å². The van der Waals surface area contributed by atoms with E-state index in [1.807, 2.05) is 18.3 Å². The van der Waals surface area contributed by atoms with E-state index in [4.69, 9.17) is 4.98 Å². The summed E-state index contributed by atoms with van der Waals surface area (Å²) >= 11 is 3.66. The molecule has 39 heavy (non-hydrogen) atoms. The molecule has 6 aromatic rings. The minimum Gasteiger partial charge on any atom is -0.334 e. The van der Waals surface area contributed by atoms with Crippen LogP contribution in [0.5, 0.6) is 0 Å². The second-order valence-electron chi connectivity index (χ2n) is 9.78. The molecular formula is C35H26BrN3. The van der Waals surface area contributed by atoms with Crippen LogP contribution in [0.4, 0.5) is 11.4 Å². The molecule has 188 valence electrons. The fourth-order valence-corrected chi connectivity index (χ4v) is 6.01. The van der Waals surface area contributed by atoms with Gasteiger partial charge in [-0.05, 0) is 84.3 Å². The first-order chi connectivity index (χ1) is 19.3. The van der Waals surface area contributed by atoms with Crippen LogP contribution in [0, 0.1) is 0 Å². The van der Waals surface area contributed by atoms with E-state index in [9.17, 15) is 0 Å². The molecule has 1 atom stereocenters. The smallest absolute Gasteiger partial charge is 0.145 e. The molecule has 0 amide bonds. The van der Waals surface area contributed by atoms with Crippen LogP contribution in [0.25, 0.3) is 33.2 Å². The number of anilines is 2. The highest BCUT2D eigenvalue weighted by atomic mass is 79.9. The van der Waals surface area contributed by atoms with Gasteiger partial charge in [0.05, 0.1) is 11.6 Å². The number of para-hydroxylation sites is 2. The molecule has 2 aromatic heterocycles. The standard InChI is InChI=1S/C35H26BrN3/c36-27-9-7-14-31(24-27)38(28-10-3-1-4-11-28)30-19-16-25(17-20-30)26-18-21-34-33(23-26)32-15-8-22-37-35(32)39(34)29-12-5-2-6-13-29/h1-19,21-24,30H,20H2. The molecule has 2 heterocycles. The summed E-state index contributed by atoms with van der Waals surface area (Å²) < 4.78 is 3.33. The van der Waals surface area contributed by atoms with Crippen molar-refractivity contribution in [2.75, 3.05) is 4.90 Å². The van der Waals surface area contributed by atoms with E-state index in [0.29, 0.717) is 0 Å². The average molecular weight is 569 g/mol. The van der Waals surface area contributed by atoms with Crippen molar-refractivity contribution in [3.05, 3.63) is 150 Å². The highest BCUT2D eigenvalue weighted by Gasteiger charge is 2.21. The Balaban J connectivity index is 1.26. The molecule has 1 unspecified atom stereocenters. The molecular weight excluding hydrogens is 542 g/mol. The number of halogens is 1. The Morgan fingerprint density at radius 1 is 0.744 bits per heavy atom. The van der Waals surface area contributed by atoms with Gasteiger partial charge in [0, 0.05) is 38.5 Å². The lowest BCUT2D eigenvalue weighted by atomic mass is 9.94. The normalized spacial score (nSPS) is 15.0. The third kappa shape index (κ3) is 4.37. The molecule has 4 heteroatoms. The molecule has 0 N–H and O–H groups in total. The van der Waals surface area contributed by atoms with Crippen molar-refractivity contribution in [1.29, 1.82) is 0 Å². The molecule has 7 rings (SSSR count). The third-order valence-corrected chi connectivity index (χ3v) is 7.90. The van der Waals surface area contributed by atoms with E-state index in [1.54, 1.807) is 0 Å². The summed E-state index contributed by atoms with van der Waals surface area (Å²) in [4.78, 5) is 7.17. The molecule has 0 bridgehead atoms. The van der Waals surface area contributed by atoms with E-state index in [1.165, 1.54) is 38.8 Å². The Kier molecular flexibility index (Phi) is 6.10. The maximum absolute atomic E-state index is 4.76. The first-order valence-corrected chi connectivity index (χ1v) is 14.0. The zero-order valence-electron chi connectivity index (χ0n) is 21.3. The maximum atomic E-state index is 4.76. The second kappa shape index (κ2) is 10.0. The van der Waals surface area contributed by atoms with Gasteiger partial charge in [0.15, 0.2) is 0 Å². The number of allylic oxidation sites excluding steroid dienone is 2. The summed E-state index contributed by atoms with van der Waals surface area (Å²) in [7, 11) is 0. The molecule has 0 radical (unpaired) electrons. The lowest BCUT2D eigenvalue weighted by Gasteiger charge is -2.33. The number of hydrogen-bond acceptors (Lipinski definition) is 2. The Labute approximate surface area is 236 Å². The van der Waals surface area contributed by atoms with Crippen molar-refractivity contribution in [3.63, 3.8) is 0 Å². The summed E-state index contributed by atoms with van der Waals surface area (Å²) in [6.45, 7) is 0. The van der Waals surface area contributed by atoms with Crippen molar-refractivity contribution in [2.45, 2.75) is 12.5 Å². The zero-order valence-corrected chi connectivity index (χ0v) is 22.9. The van der Waals surface area contributed by atoms with Crippen LogP contribution >= 0.6 is 15.9 Å². The largest absolute Gasteiger partial charge is 0.334 e. The van der Waals surface area contributed by atoms with Gasteiger partial charge in [-0.2, -0.15) is 0 Å². The molecule has 0 fully saturated rings. The number of pyridine rings is 1. The summed E-state index contributed by atoms with van der Waals surface area (Å²) in [6, 6.07) is 40.8. The van der Waals surface area contributed by atoms with Gasteiger partial charge in [-0.15, -0.1) is 0 Å². The van der Waals surface area contributed by atoms with Gasteiger partial charge in [-0.1, -0.05) is 82.7 Å². The van der Waals surface area contributed by atoms with Crippen LogP contribution in [-0.4, -0.2) is 15.6 Å². The summed E-state index contributed by atoms with van der Waals surface area (Å²) in [5.41, 5.74) is 8.10. The lowest BCUT2D eigenvalue weighted by Crippen LogP contribution is -2.30. The van der Waals surface area contributed by atoms with Crippen molar-refractivity contribution >= 4 is 54.8 Å². The number of nitrogens with zero attached hydrogens (tertiary/aromatic N) is 3. The van der Waals surface area contributed by atoms with Crippen LogP contribution in [-0.2, 0) is 0 Å². The maximum Gasteiger partial charge on any atom is 0.145 e. The molecule has 0 saturated heterocycles. The monoisotopic (exact) mass is 567 g/mol. The van der Waals surface area contributed by atoms with Crippen LogP contribution < -0.4 is 4.90 Å². The third-order valence-electron chi connectivity index (χ3n) is 7.40. The first-order valence-electron chi connectivity index (χ1n) is 13.2. The zero-order chi connectivity index (χ0) is 26.2. The predicted octanol–water partition coefficient (Wildman–Crippen LogP) is 9.49. The van der Waals surface area contributed by atoms with E-state index < -0.39 is 0 Å². The van der Waals surface area contributed by atoms with Gasteiger partial charge in [0.25, 0.3) is 0 Å². The minimum absolute atomic E-state index is 0.221. The SMILES string of the molecule is Brc1cccc(N(c2ccccc2)C2C=CC(c3ccc4c(c3)c3cccnc3n4-c3ccccc3)=CC2)c1. The number of fused-ring (bicyclic) bond motifs is 3. The topological polar surface area (TPSA) is 21.1 Å². The van der Waals surface area contributed by atoms with Crippen molar-refractivity contribution < 1.29 is 0 Å². The van der Waals surface area contributed by atoms with Crippen LogP contribution in [0.3, 0.4) is 0 Å².